The van der Waals surface area contributed by atoms with Crippen LogP contribution in [0, 0.1) is 13.8 Å². The fourth-order valence-electron chi connectivity index (χ4n) is 1.87. The number of aliphatic imine (C=N–C) groups is 1. The molecule has 0 bridgehead atoms. The number of rotatable bonds is 5. The maximum absolute atomic E-state index is 11.8. The molecule has 1 rings (SSSR count). The number of allylic oxidation sites excluding steroid dienone is 1. The van der Waals surface area contributed by atoms with E-state index in [1.54, 1.807) is 14.0 Å². The Morgan fingerprint density at radius 1 is 1.14 bits per heavy atom. The molecule has 0 heterocycles. The Morgan fingerprint density at radius 3 is 2.33 bits per heavy atom. The van der Waals surface area contributed by atoms with Gasteiger partial charge in [-0.2, -0.15) is 0 Å². The van der Waals surface area contributed by atoms with Crippen LogP contribution in [0.25, 0.3) is 0 Å². The van der Waals surface area contributed by atoms with Gasteiger partial charge < -0.3 is 14.2 Å². The maximum atomic E-state index is 11.8. The summed E-state index contributed by atoms with van der Waals surface area (Å²) in [6.45, 7) is 5.59. The molecule has 0 N–H and O–H groups in total. The Kier molecular flexibility index (Phi) is 5.96. The summed E-state index contributed by atoms with van der Waals surface area (Å²) in [5.74, 6) is 0.800. The number of carbonyl (C=O) groups excluding carboxylic acids is 1. The molecule has 0 atom stereocenters. The van der Waals surface area contributed by atoms with Gasteiger partial charge in [0.25, 0.3) is 0 Å². The zero-order valence-corrected chi connectivity index (χ0v) is 13.3. The molecule has 114 valence electrons. The summed E-state index contributed by atoms with van der Waals surface area (Å²) >= 11 is 0. The summed E-state index contributed by atoms with van der Waals surface area (Å²) in [6, 6.07) is 3.73. The van der Waals surface area contributed by atoms with E-state index in [0.717, 1.165) is 16.9 Å². The van der Waals surface area contributed by atoms with E-state index in [0.29, 0.717) is 11.4 Å². The highest BCUT2D eigenvalue weighted by molar-refractivity contribution is 6.41. The lowest BCUT2D eigenvalue weighted by molar-refractivity contribution is -0.132. The van der Waals surface area contributed by atoms with Gasteiger partial charge in [-0.05, 0) is 32.4 Å². The third kappa shape index (κ3) is 4.08. The van der Waals surface area contributed by atoms with Crippen LogP contribution < -0.4 is 4.74 Å². The largest absolute Gasteiger partial charge is 0.501 e. The SMILES string of the molecule is COC(=O)C(C=C(C)OC)=Nc1ccc(C)c(OC)c1C. The Morgan fingerprint density at radius 2 is 1.81 bits per heavy atom. The van der Waals surface area contributed by atoms with E-state index < -0.39 is 5.97 Å². The van der Waals surface area contributed by atoms with E-state index in [4.69, 9.17) is 14.2 Å². The van der Waals surface area contributed by atoms with Gasteiger partial charge in [-0.1, -0.05) is 6.07 Å². The highest BCUT2D eigenvalue weighted by Crippen LogP contribution is 2.31. The molecule has 0 aliphatic rings. The molecule has 0 aromatic heterocycles. The van der Waals surface area contributed by atoms with Gasteiger partial charge in [-0.3, -0.25) is 0 Å². The highest BCUT2D eigenvalue weighted by Gasteiger charge is 2.13. The van der Waals surface area contributed by atoms with Crippen LogP contribution in [-0.2, 0) is 14.3 Å². The molecule has 0 fully saturated rings. The molecule has 0 unspecified atom stereocenters. The van der Waals surface area contributed by atoms with E-state index in [-0.39, 0.29) is 5.71 Å². The van der Waals surface area contributed by atoms with Crippen LogP contribution in [0.2, 0.25) is 0 Å². The second-order valence-corrected chi connectivity index (χ2v) is 4.51. The highest BCUT2D eigenvalue weighted by atomic mass is 16.5. The van der Waals surface area contributed by atoms with Gasteiger partial charge in [-0.25, -0.2) is 9.79 Å². The zero-order valence-electron chi connectivity index (χ0n) is 13.3. The summed E-state index contributed by atoms with van der Waals surface area (Å²) in [4.78, 5) is 16.2. The lowest BCUT2D eigenvalue weighted by Crippen LogP contribution is -2.14. The minimum absolute atomic E-state index is 0.172. The average molecular weight is 291 g/mol. The third-order valence-electron chi connectivity index (χ3n) is 3.08. The second kappa shape index (κ2) is 7.47. The van der Waals surface area contributed by atoms with Crippen molar-refractivity contribution in [3.63, 3.8) is 0 Å². The molecule has 0 amide bonds. The molecule has 0 saturated carbocycles. The first-order valence-corrected chi connectivity index (χ1v) is 6.48. The van der Waals surface area contributed by atoms with Gasteiger partial charge in [0.15, 0.2) is 5.71 Å². The van der Waals surface area contributed by atoms with Crippen molar-refractivity contribution in [3.8, 4) is 5.75 Å². The van der Waals surface area contributed by atoms with Gasteiger partial charge >= 0.3 is 5.97 Å². The van der Waals surface area contributed by atoms with Crippen molar-refractivity contribution in [2.75, 3.05) is 21.3 Å². The number of ether oxygens (including phenoxy) is 3. The molecular formula is C16H21NO4. The molecule has 0 saturated heterocycles. The van der Waals surface area contributed by atoms with Gasteiger partial charge in [0.1, 0.15) is 5.75 Å². The number of benzene rings is 1. The topological polar surface area (TPSA) is 57.1 Å². The summed E-state index contributed by atoms with van der Waals surface area (Å²) in [5.41, 5.74) is 2.70. The zero-order chi connectivity index (χ0) is 16.0. The lowest BCUT2D eigenvalue weighted by atomic mass is 10.1. The number of nitrogens with zero attached hydrogens (tertiary/aromatic N) is 1. The van der Waals surface area contributed by atoms with E-state index in [1.165, 1.54) is 20.3 Å². The number of hydrogen-bond donors (Lipinski definition) is 0. The Balaban J connectivity index is 3.38. The maximum Gasteiger partial charge on any atom is 0.356 e. The smallest absolute Gasteiger partial charge is 0.356 e. The number of aryl methyl sites for hydroxylation is 1. The number of methoxy groups -OCH3 is 3. The van der Waals surface area contributed by atoms with Gasteiger partial charge in [-0.15, -0.1) is 0 Å². The summed E-state index contributed by atoms with van der Waals surface area (Å²) < 4.78 is 15.2. The first-order chi connectivity index (χ1) is 9.94. The van der Waals surface area contributed by atoms with E-state index in [2.05, 4.69) is 4.99 Å². The predicted octanol–water partition coefficient (Wildman–Crippen LogP) is 3.11. The molecule has 1 aromatic rings. The van der Waals surface area contributed by atoms with Crippen LogP contribution in [0.4, 0.5) is 5.69 Å². The second-order valence-electron chi connectivity index (χ2n) is 4.51. The summed E-state index contributed by atoms with van der Waals surface area (Å²) in [5, 5.41) is 0. The van der Waals surface area contributed by atoms with Crippen molar-refractivity contribution >= 4 is 17.4 Å². The molecule has 21 heavy (non-hydrogen) atoms. The quantitative estimate of drug-likeness (QED) is 0.475. The first-order valence-electron chi connectivity index (χ1n) is 6.48. The Bertz CT molecular complexity index is 588. The van der Waals surface area contributed by atoms with Crippen molar-refractivity contribution in [1.29, 1.82) is 0 Å². The molecule has 0 spiro atoms. The molecule has 0 aliphatic heterocycles. The molecule has 0 radical (unpaired) electrons. The van der Waals surface area contributed by atoms with Crippen molar-refractivity contribution in [1.82, 2.24) is 0 Å². The minimum atomic E-state index is -0.523. The Hall–Kier alpha value is -2.30. The number of esters is 1. The molecule has 0 aliphatic carbocycles. The molecule has 1 aromatic carbocycles. The molecule has 5 heteroatoms. The fourth-order valence-corrected chi connectivity index (χ4v) is 1.87. The van der Waals surface area contributed by atoms with Crippen LogP contribution in [-0.4, -0.2) is 33.0 Å². The van der Waals surface area contributed by atoms with Crippen molar-refractivity contribution < 1.29 is 19.0 Å². The Labute approximate surface area is 125 Å². The van der Waals surface area contributed by atoms with E-state index in [9.17, 15) is 4.79 Å². The fraction of sp³-hybridized carbons (Fsp3) is 0.375. The normalized spacial score (nSPS) is 12.1. The van der Waals surface area contributed by atoms with Crippen LogP contribution in [0.3, 0.4) is 0 Å². The van der Waals surface area contributed by atoms with Crippen molar-refractivity contribution in [2.24, 2.45) is 4.99 Å². The van der Waals surface area contributed by atoms with Crippen LogP contribution in [0.15, 0.2) is 29.0 Å². The van der Waals surface area contributed by atoms with Crippen molar-refractivity contribution in [3.05, 3.63) is 35.1 Å². The van der Waals surface area contributed by atoms with Gasteiger partial charge in [0.05, 0.1) is 32.8 Å². The van der Waals surface area contributed by atoms with Gasteiger partial charge in [0, 0.05) is 11.6 Å². The van der Waals surface area contributed by atoms with Crippen LogP contribution in [0.1, 0.15) is 18.1 Å². The van der Waals surface area contributed by atoms with Crippen LogP contribution in [0.5, 0.6) is 5.75 Å². The summed E-state index contributed by atoms with van der Waals surface area (Å²) in [6.07, 6.45) is 1.54. The molecular weight excluding hydrogens is 270 g/mol. The number of carbonyl (C=O) groups is 1. The van der Waals surface area contributed by atoms with Crippen molar-refractivity contribution in [2.45, 2.75) is 20.8 Å². The van der Waals surface area contributed by atoms with E-state index >= 15 is 0 Å². The number of hydrogen-bond acceptors (Lipinski definition) is 5. The standard InChI is InChI=1S/C16H21NO4/c1-10-7-8-13(12(3)15(10)20-5)17-14(16(18)21-6)9-11(2)19-4/h7-9H,1-6H3. The van der Waals surface area contributed by atoms with Gasteiger partial charge in [0.2, 0.25) is 0 Å². The molecule has 5 nitrogen and oxygen atoms in total. The minimum Gasteiger partial charge on any atom is -0.501 e. The summed E-state index contributed by atoms with van der Waals surface area (Å²) in [7, 11) is 4.45. The average Bonchev–Trinajstić information content (AvgIpc) is 2.48. The first kappa shape index (κ1) is 16.8. The van der Waals surface area contributed by atoms with Crippen LogP contribution >= 0.6 is 0 Å². The predicted molar refractivity (Wildman–Crippen MR) is 82.3 cm³/mol. The van der Waals surface area contributed by atoms with E-state index in [1.807, 2.05) is 26.0 Å². The third-order valence-corrected chi connectivity index (χ3v) is 3.08. The monoisotopic (exact) mass is 291 g/mol. The lowest BCUT2D eigenvalue weighted by Gasteiger charge is -2.11.